The van der Waals surface area contributed by atoms with Crippen molar-refractivity contribution in [1.29, 1.82) is 0 Å². The molecule has 0 saturated carbocycles. The zero-order chi connectivity index (χ0) is 15.0. The fourth-order valence-electron chi connectivity index (χ4n) is 2.28. The highest BCUT2D eigenvalue weighted by Crippen LogP contribution is 2.44. The quantitative estimate of drug-likeness (QED) is 0.790. The van der Waals surface area contributed by atoms with E-state index in [0.717, 1.165) is 0 Å². The lowest BCUT2D eigenvalue weighted by molar-refractivity contribution is 0.0600. The second kappa shape index (κ2) is 4.77. The van der Waals surface area contributed by atoms with E-state index in [-0.39, 0.29) is 22.5 Å². The van der Waals surface area contributed by atoms with Crippen molar-refractivity contribution in [2.24, 2.45) is 4.99 Å². The summed E-state index contributed by atoms with van der Waals surface area (Å²) in [5, 5.41) is 0. The van der Waals surface area contributed by atoms with Gasteiger partial charge in [0.05, 0.1) is 23.9 Å². The van der Waals surface area contributed by atoms with Crippen LogP contribution >= 0.6 is 0 Å². The van der Waals surface area contributed by atoms with Crippen LogP contribution in [0, 0.1) is 0 Å². The number of para-hydroxylation sites is 1. The van der Waals surface area contributed by atoms with Gasteiger partial charge >= 0.3 is 11.9 Å². The van der Waals surface area contributed by atoms with Gasteiger partial charge in [0.1, 0.15) is 5.71 Å². The highest BCUT2D eigenvalue weighted by molar-refractivity contribution is 6.11. The molecule has 5 heteroatoms. The van der Waals surface area contributed by atoms with Gasteiger partial charge in [-0.25, -0.2) is 9.79 Å². The smallest absolute Gasteiger partial charge is 0.337 e. The molecule has 0 fully saturated rings. The molecule has 1 aliphatic heterocycles. The van der Waals surface area contributed by atoms with Crippen molar-refractivity contribution in [2.75, 3.05) is 7.11 Å². The maximum atomic E-state index is 14.4. The molecule has 0 atom stereocenters. The van der Waals surface area contributed by atoms with Gasteiger partial charge in [0.2, 0.25) is 0 Å². The molecular weight excluding hydrogens is 276 g/mol. The number of fused-ring (bicyclic) bond motifs is 1. The fourth-order valence-corrected chi connectivity index (χ4v) is 2.28. The zero-order valence-electron chi connectivity index (χ0n) is 11.1. The first-order valence-electron chi connectivity index (χ1n) is 6.29. The van der Waals surface area contributed by atoms with Crippen LogP contribution in [0.25, 0.3) is 0 Å². The maximum Gasteiger partial charge on any atom is 0.337 e. The number of halogens is 2. The van der Waals surface area contributed by atoms with Crippen LogP contribution in [0.5, 0.6) is 0 Å². The predicted octanol–water partition coefficient (Wildman–Crippen LogP) is 3.70. The van der Waals surface area contributed by atoms with E-state index >= 15 is 0 Å². The van der Waals surface area contributed by atoms with E-state index < -0.39 is 11.9 Å². The number of hydrogen-bond donors (Lipinski definition) is 0. The molecule has 21 heavy (non-hydrogen) atoms. The summed E-state index contributed by atoms with van der Waals surface area (Å²) in [6.07, 6.45) is 0. The summed E-state index contributed by atoms with van der Waals surface area (Å²) in [4.78, 5) is 15.4. The van der Waals surface area contributed by atoms with Crippen molar-refractivity contribution in [3.63, 3.8) is 0 Å². The van der Waals surface area contributed by atoms with Gasteiger partial charge in [0.25, 0.3) is 0 Å². The molecule has 0 N–H and O–H groups in total. The number of methoxy groups -OCH3 is 1. The summed E-state index contributed by atoms with van der Waals surface area (Å²) in [6.45, 7) is 0. The number of esters is 1. The molecule has 2 aromatic carbocycles. The average molecular weight is 287 g/mol. The van der Waals surface area contributed by atoms with E-state index in [1.165, 1.54) is 37.4 Å². The van der Waals surface area contributed by atoms with Gasteiger partial charge < -0.3 is 4.74 Å². The SMILES string of the molecule is COC(=O)c1ccc(C2=Nc3ccccc3C2(F)F)cc1. The molecule has 0 saturated heterocycles. The summed E-state index contributed by atoms with van der Waals surface area (Å²) in [5.74, 6) is -3.64. The standard InChI is InChI=1S/C16H11F2NO2/c1-21-15(20)11-8-6-10(7-9-11)14-16(17,18)12-4-2-3-5-13(12)19-14/h2-9H,1H3. The number of nitrogens with zero attached hydrogens (tertiary/aromatic N) is 1. The van der Waals surface area contributed by atoms with Crippen LogP contribution < -0.4 is 0 Å². The van der Waals surface area contributed by atoms with Crippen molar-refractivity contribution < 1.29 is 18.3 Å². The summed E-state index contributed by atoms with van der Waals surface area (Å²) in [5.41, 5.74) is 0.455. The number of carbonyl (C=O) groups excluding carboxylic acids is 1. The summed E-state index contributed by atoms with van der Waals surface area (Å²) in [6, 6.07) is 11.9. The number of rotatable bonds is 2. The van der Waals surface area contributed by atoms with Crippen LogP contribution in [-0.2, 0) is 10.7 Å². The Balaban J connectivity index is 2.01. The molecule has 0 radical (unpaired) electrons. The minimum Gasteiger partial charge on any atom is -0.465 e. The van der Waals surface area contributed by atoms with Crippen LogP contribution in [0.2, 0.25) is 0 Å². The molecule has 1 aliphatic rings. The molecule has 3 nitrogen and oxygen atoms in total. The second-order valence-electron chi connectivity index (χ2n) is 4.62. The Morgan fingerprint density at radius 2 is 1.76 bits per heavy atom. The predicted molar refractivity (Wildman–Crippen MR) is 74.3 cm³/mol. The van der Waals surface area contributed by atoms with Gasteiger partial charge in [-0.2, -0.15) is 8.78 Å². The lowest BCUT2D eigenvalue weighted by atomic mass is 9.99. The number of hydrogen-bond acceptors (Lipinski definition) is 3. The molecule has 0 aliphatic carbocycles. The fraction of sp³-hybridized carbons (Fsp3) is 0.125. The molecule has 0 aromatic heterocycles. The first-order chi connectivity index (χ1) is 10.0. The van der Waals surface area contributed by atoms with E-state index in [0.29, 0.717) is 5.56 Å². The Labute approximate surface area is 119 Å². The summed E-state index contributed by atoms with van der Waals surface area (Å²) in [7, 11) is 1.27. The molecule has 0 amide bonds. The van der Waals surface area contributed by atoms with Gasteiger partial charge in [-0.3, -0.25) is 0 Å². The van der Waals surface area contributed by atoms with Gasteiger partial charge in [-0.05, 0) is 18.2 Å². The Hall–Kier alpha value is -2.56. The van der Waals surface area contributed by atoms with E-state index in [9.17, 15) is 13.6 Å². The van der Waals surface area contributed by atoms with Crippen LogP contribution in [0.4, 0.5) is 14.5 Å². The number of ether oxygens (including phenoxy) is 1. The van der Waals surface area contributed by atoms with E-state index in [2.05, 4.69) is 9.73 Å². The number of carbonyl (C=O) groups is 1. The molecule has 106 valence electrons. The van der Waals surface area contributed by atoms with Gasteiger partial charge in [0, 0.05) is 5.56 Å². The van der Waals surface area contributed by atoms with Crippen molar-refractivity contribution in [3.8, 4) is 0 Å². The van der Waals surface area contributed by atoms with Crippen molar-refractivity contribution in [3.05, 3.63) is 65.2 Å². The zero-order valence-corrected chi connectivity index (χ0v) is 11.1. The third kappa shape index (κ3) is 2.11. The molecule has 2 aromatic rings. The third-order valence-electron chi connectivity index (χ3n) is 3.35. The van der Waals surface area contributed by atoms with Crippen LogP contribution in [-0.4, -0.2) is 18.8 Å². The second-order valence-corrected chi connectivity index (χ2v) is 4.62. The first-order valence-corrected chi connectivity index (χ1v) is 6.29. The highest BCUT2D eigenvalue weighted by Gasteiger charge is 2.45. The Kier molecular flexibility index (Phi) is 3.05. The van der Waals surface area contributed by atoms with Gasteiger partial charge in [-0.15, -0.1) is 0 Å². The Morgan fingerprint density at radius 1 is 1.10 bits per heavy atom. The summed E-state index contributed by atoms with van der Waals surface area (Å²) < 4.78 is 33.4. The Morgan fingerprint density at radius 3 is 2.38 bits per heavy atom. The normalized spacial score (nSPS) is 15.3. The number of alkyl halides is 2. The topological polar surface area (TPSA) is 38.7 Å². The van der Waals surface area contributed by atoms with Gasteiger partial charge in [-0.1, -0.05) is 30.3 Å². The van der Waals surface area contributed by atoms with E-state index in [1.54, 1.807) is 18.2 Å². The Bertz CT molecular complexity index is 736. The minimum absolute atomic E-state index is 0.1000. The molecular formula is C16H11F2NO2. The minimum atomic E-state index is -3.14. The first kappa shape index (κ1) is 13.4. The lowest BCUT2D eigenvalue weighted by Crippen LogP contribution is -2.23. The largest absolute Gasteiger partial charge is 0.465 e. The molecule has 0 unspecified atom stereocenters. The molecule has 3 rings (SSSR count). The van der Waals surface area contributed by atoms with E-state index in [4.69, 9.17) is 0 Å². The maximum absolute atomic E-state index is 14.4. The van der Waals surface area contributed by atoms with Crippen LogP contribution in [0.1, 0.15) is 21.5 Å². The van der Waals surface area contributed by atoms with E-state index in [1.807, 2.05) is 0 Å². The summed E-state index contributed by atoms with van der Waals surface area (Å²) >= 11 is 0. The lowest BCUT2D eigenvalue weighted by Gasteiger charge is -2.13. The van der Waals surface area contributed by atoms with Crippen molar-refractivity contribution >= 4 is 17.4 Å². The number of aliphatic imine (C=N–C) groups is 1. The van der Waals surface area contributed by atoms with Crippen molar-refractivity contribution in [2.45, 2.75) is 5.92 Å². The third-order valence-corrected chi connectivity index (χ3v) is 3.35. The monoisotopic (exact) mass is 287 g/mol. The molecule has 0 bridgehead atoms. The van der Waals surface area contributed by atoms with Crippen LogP contribution in [0.3, 0.4) is 0 Å². The van der Waals surface area contributed by atoms with Crippen LogP contribution in [0.15, 0.2) is 53.5 Å². The highest BCUT2D eigenvalue weighted by atomic mass is 19.3. The van der Waals surface area contributed by atoms with Crippen molar-refractivity contribution in [1.82, 2.24) is 0 Å². The molecule has 1 heterocycles. The molecule has 0 spiro atoms. The van der Waals surface area contributed by atoms with Gasteiger partial charge in [0.15, 0.2) is 0 Å². The number of benzene rings is 2. The average Bonchev–Trinajstić information content (AvgIpc) is 2.78.